The minimum Gasteiger partial charge on any atom is -0.772 e. The Bertz CT molecular complexity index is 209. The van der Waals surface area contributed by atoms with E-state index in [1.165, 1.54) is 0 Å². The molecule has 0 saturated carbocycles. The molecule has 0 aromatic carbocycles. The Balaban J connectivity index is 3.49. The van der Waals surface area contributed by atoms with E-state index in [9.17, 15) is 17.2 Å². The zero-order valence-electron chi connectivity index (χ0n) is 4.95. The molecule has 0 aliphatic heterocycles. The van der Waals surface area contributed by atoms with Gasteiger partial charge in [0.05, 0.1) is 5.75 Å². The van der Waals surface area contributed by atoms with Crippen LogP contribution in [0.3, 0.4) is 0 Å². The summed E-state index contributed by atoms with van der Waals surface area (Å²) in [5.41, 5.74) is 0. The van der Waals surface area contributed by atoms with Crippen LogP contribution in [0.25, 0.3) is 0 Å². The molecule has 1 atom stereocenters. The van der Waals surface area contributed by atoms with Crippen molar-refractivity contribution in [2.24, 2.45) is 0 Å². The highest BCUT2D eigenvalue weighted by Crippen LogP contribution is 1.98. The van der Waals surface area contributed by atoms with E-state index in [2.05, 4.69) is 0 Å². The lowest BCUT2D eigenvalue weighted by Crippen LogP contribution is -2.03. The molecule has 0 rings (SSSR count). The Labute approximate surface area is 66.3 Å². The monoisotopic (exact) mass is 205 g/mol. The molecule has 0 radical (unpaired) electrons. The molecule has 0 aliphatic rings. The summed E-state index contributed by atoms with van der Waals surface area (Å²) in [6, 6.07) is 0. The van der Waals surface area contributed by atoms with Gasteiger partial charge in [-0.25, -0.2) is 8.42 Å². The van der Waals surface area contributed by atoms with Crippen LogP contribution >= 0.6 is 10.7 Å². The van der Waals surface area contributed by atoms with Gasteiger partial charge in [0.15, 0.2) is 0 Å². The maximum atomic E-state index is 10.2. The third kappa shape index (κ3) is 8.35. The molecule has 0 bridgehead atoms. The summed E-state index contributed by atoms with van der Waals surface area (Å²) in [5, 5.41) is 0. The van der Waals surface area contributed by atoms with Gasteiger partial charge in [0.1, 0.15) is 0 Å². The fourth-order valence-electron chi connectivity index (χ4n) is 0.349. The van der Waals surface area contributed by atoms with Crippen molar-refractivity contribution in [1.29, 1.82) is 0 Å². The highest BCUT2D eigenvalue weighted by Gasteiger charge is 2.03. The summed E-state index contributed by atoms with van der Waals surface area (Å²) in [6.45, 7) is 0. The van der Waals surface area contributed by atoms with Crippen molar-refractivity contribution < 1.29 is 17.2 Å². The molecule has 0 N–H and O–H groups in total. The predicted molar refractivity (Wildman–Crippen MR) is 38.0 cm³/mol. The van der Waals surface area contributed by atoms with E-state index in [0.717, 1.165) is 0 Å². The van der Waals surface area contributed by atoms with Crippen molar-refractivity contribution in [3.8, 4) is 0 Å². The average molecular weight is 206 g/mol. The fourth-order valence-corrected chi connectivity index (χ4v) is 1.73. The van der Waals surface area contributed by atoms with E-state index in [1.807, 2.05) is 0 Å². The Morgan fingerprint density at radius 2 is 2.00 bits per heavy atom. The number of hydrogen-bond donors (Lipinski definition) is 0. The standard InChI is InChI=1S/C3H7ClO4S2/c4-10(7,8)3-1-2-9(5)6/h1-3H2,(H,5,6)/p-1. The quantitative estimate of drug-likeness (QED) is 0.472. The van der Waals surface area contributed by atoms with Gasteiger partial charge >= 0.3 is 0 Å². The Kier molecular flexibility index (Phi) is 4.42. The van der Waals surface area contributed by atoms with Gasteiger partial charge in [-0.15, -0.1) is 0 Å². The van der Waals surface area contributed by atoms with Gasteiger partial charge in [0.2, 0.25) is 9.05 Å². The topological polar surface area (TPSA) is 74.3 Å². The minimum absolute atomic E-state index is 0.0575. The van der Waals surface area contributed by atoms with E-state index < -0.39 is 20.1 Å². The minimum atomic E-state index is -3.52. The molecule has 0 spiro atoms. The van der Waals surface area contributed by atoms with Gasteiger partial charge in [0, 0.05) is 16.4 Å². The van der Waals surface area contributed by atoms with Gasteiger partial charge in [0.25, 0.3) is 0 Å². The van der Waals surface area contributed by atoms with E-state index in [-0.39, 0.29) is 17.9 Å². The smallest absolute Gasteiger partial charge is 0.232 e. The largest absolute Gasteiger partial charge is 0.772 e. The molecule has 7 heteroatoms. The maximum absolute atomic E-state index is 10.2. The van der Waals surface area contributed by atoms with E-state index in [0.29, 0.717) is 0 Å². The van der Waals surface area contributed by atoms with Gasteiger partial charge < -0.3 is 4.55 Å². The lowest BCUT2D eigenvalue weighted by Gasteiger charge is -2.01. The van der Waals surface area contributed by atoms with Crippen LogP contribution in [-0.4, -0.2) is 28.7 Å². The Morgan fingerprint density at radius 1 is 1.50 bits per heavy atom. The first-order chi connectivity index (χ1) is 4.42. The van der Waals surface area contributed by atoms with Crippen molar-refractivity contribution in [2.75, 3.05) is 11.5 Å². The SMILES string of the molecule is O=S([O-])CCCS(=O)(=O)Cl. The van der Waals surface area contributed by atoms with Crippen molar-refractivity contribution in [1.82, 2.24) is 0 Å². The van der Waals surface area contributed by atoms with Crippen molar-refractivity contribution in [3.05, 3.63) is 0 Å². The molecule has 0 heterocycles. The van der Waals surface area contributed by atoms with E-state index in [4.69, 9.17) is 10.7 Å². The molecule has 0 amide bonds. The molecule has 0 fully saturated rings. The number of rotatable bonds is 4. The first kappa shape index (κ1) is 10.3. The van der Waals surface area contributed by atoms with Crippen LogP contribution in [0.2, 0.25) is 0 Å². The van der Waals surface area contributed by atoms with Crippen LogP contribution in [0.5, 0.6) is 0 Å². The second-order valence-electron chi connectivity index (χ2n) is 1.60. The third-order valence-corrected chi connectivity index (χ3v) is 2.56. The number of halogens is 1. The molecule has 62 valence electrons. The summed E-state index contributed by atoms with van der Waals surface area (Å²) >= 11 is -2.17. The second-order valence-corrected chi connectivity index (χ2v) is 5.52. The van der Waals surface area contributed by atoms with Gasteiger partial charge in [-0.2, -0.15) is 0 Å². The van der Waals surface area contributed by atoms with Crippen molar-refractivity contribution >= 4 is 30.8 Å². The van der Waals surface area contributed by atoms with Crippen LogP contribution in [0.15, 0.2) is 0 Å². The molecule has 0 aromatic heterocycles. The summed E-state index contributed by atoms with van der Waals surface area (Å²) in [5.74, 6) is -0.450. The van der Waals surface area contributed by atoms with Crippen LogP contribution in [0, 0.1) is 0 Å². The lowest BCUT2D eigenvalue weighted by molar-refractivity contribution is 0.536. The highest BCUT2D eigenvalue weighted by molar-refractivity contribution is 8.13. The van der Waals surface area contributed by atoms with E-state index in [1.54, 1.807) is 0 Å². The van der Waals surface area contributed by atoms with Crippen LogP contribution < -0.4 is 0 Å². The Morgan fingerprint density at radius 3 is 2.30 bits per heavy atom. The number of hydrogen-bond acceptors (Lipinski definition) is 4. The summed E-state index contributed by atoms with van der Waals surface area (Å²) in [6.07, 6.45) is 0.0575. The molecule has 0 aliphatic carbocycles. The van der Waals surface area contributed by atoms with Crippen LogP contribution in [-0.2, 0) is 20.1 Å². The van der Waals surface area contributed by atoms with Gasteiger partial charge in [-0.3, -0.25) is 4.21 Å². The van der Waals surface area contributed by atoms with Crippen molar-refractivity contribution in [3.63, 3.8) is 0 Å². The Hall–Kier alpha value is 0.350. The first-order valence-corrected chi connectivity index (χ1v) is 6.12. The third-order valence-electron chi connectivity index (χ3n) is 0.699. The molecule has 1 unspecified atom stereocenters. The van der Waals surface area contributed by atoms with Crippen LogP contribution in [0.1, 0.15) is 6.42 Å². The average Bonchev–Trinajstić information content (AvgIpc) is 1.59. The fraction of sp³-hybridized carbons (Fsp3) is 1.00. The zero-order valence-corrected chi connectivity index (χ0v) is 7.34. The van der Waals surface area contributed by atoms with Crippen molar-refractivity contribution in [2.45, 2.75) is 6.42 Å². The summed E-state index contributed by atoms with van der Waals surface area (Å²) < 4.78 is 40.0. The summed E-state index contributed by atoms with van der Waals surface area (Å²) in [4.78, 5) is 0. The molecule has 0 aromatic rings. The van der Waals surface area contributed by atoms with E-state index >= 15 is 0 Å². The molecular formula is C3H6ClO4S2-. The maximum Gasteiger partial charge on any atom is 0.232 e. The molecule has 4 nitrogen and oxygen atoms in total. The predicted octanol–water partition coefficient (Wildman–Crippen LogP) is -0.176. The molecular weight excluding hydrogens is 200 g/mol. The molecule has 0 saturated heterocycles. The second kappa shape index (κ2) is 4.27. The highest BCUT2D eigenvalue weighted by atomic mass is 35.7. The lowest BCUT2D eigenvalue weighted by atomic mass is 10.6. The van der Waals surface area contributed by atoms with Gasteiger partial charge in [-0.1, -0.05) is 11.1 Å². The first-order valence-electron chi connectivity index (χ1n) is 2.40. The van der Waals surface area contributed by atoms with Gasteiger partial charge in [-0.05, 0) is 6.42 Å². The zero-order chi connectivity index (χ0) is 8.20. The normalized spacial score (nSPS) is 15.0. The summed E-state index contributed by atoms with van der Waals surface area (Å²) in [7, 11) is 1.27. The molecule has 10 heavy (non-hydrogen) atoms. The van der Waals surface area contributed by atoms with Crippen LogP contribution in [0.4, 0.5) is 0 Å².